The Morgan fingerprint density at radius 2 is 2.00 bits per heavy atom. The fourth-order valence-electron chi connectivity index (χ4n) is 1.66. The highest BCUT2D eigenvalue weighted by molar-refractivity contribution is 5.87. The summed E-state index contributed by atoms with van der Waals surface area (Å²) < 4.78 is 5.31. The summed E-state index contributed by atoms with van der Waals surface area (Å²) in [6, 6.07) is 0. The van der Waals surface area contributed by atoms with Gasteiger partial charge in [-0.25, -0.2) is 4.79 Å². The van der Waals surface area contributed by atoms with Gasteiger partial charge in [0, 0.05) is 5.57 Å². The van der Waals surface area contributed by atoms with E-state index >= 15 is 0 Å². The number of hydrogen-bond acceptors (Lipinski definition) is 2. The standard InChI is InChI=1S/C12H16O2/c1-4-12(8-6-5-7-9-12)14-11(13)10(2)3/h1H,2,5-9H2,3H3. The van der Waals surface area contributed by atoms with Crippen LogP contribution in [0.25, 0.3) is 0 Å². The molecule has 0 radical (unpaired) electrons. The summed E-state index contributed by atoms with van der Waals surface area (Å²) in [5.41, 5.74) is -0.251. The van der Waals surface area contributed by atoms with Crippen molar-refractivity contribution in [1.29, 1.82) is 0 Å². The van der Waals surface area contributed by atoms with Crippen LogP contribution in [0.2, 0.25) is 0 Å². The molecule has 0 aromatic rings. The van der Waals surface area contributed by atoms with E-state index in [0.717, 1.165) is 25.7 Å². The Morgan fingerprint density at radius 3 is 2.43 bits per heavy atom. The highest BCUT2D eigenvalue weighted by atomic mass is 16.6. The van der Waals surface area contributed by atoms with Gasteiger partial charge in [0.15, 0.2) is 5.60 Å². The predicted octanol–water partition coefficient (Wildman–Crippen LogP) is 2.44. The predicted molar refractivity (Wildman–Crippen MR) is 55.6 cm³/mol. The molecule has 0 unspecified atom stereocenters. The molecule has 0 atom stereocenters. The Morgan fingerprint density at radius 1 is 1.43 bits per heavy atom. The molecule has 1 saturated carbocycles. The largest absolute Gasteiger partial charge is 0.443 e. The molecule has 2 heteroatoms. The third-order valence-corrected chi connectivity index (χ3v) is 2.56. The van der Waals surface area contributed by atoms with E-state index in [-0.39, 0.29) is 5.97 Å². The maximum absolute atomic E-state index is 11.4. The number of hydrogen-bond donors (Lipinski definition) is 0. The summed E-state index contributed by atoms with van der Waals surface area (Å²) >= 11 is 0. The molecular formula is C12H16O2. The van der Waals surface area contributed by atoms with Crippen molar-refractivity contribution in [3.8, 4) is 12.3 Å². The van der Waals surface area contributed by atoms with Crippen LogP contribution in [-0.4, -0.2) is 11.6 Å². The van der Waals surface area contributed by atoms with Crippen LogP contribution in [0.15, 0.2) is 12.2 Å². The fraction of sp³-hybridized carbons (Fsp3) is 0.583. The van der Waals surface area contributed by atoms with E-state index in [1.165, 1.54) is 6.42 Å². The molecule has 0 N–H and O–H groups in total. The van der Waals surface area contributed by atoms with Crippen molar-refractivity contribution < 1.29 is 9.53 Å². The zero-order valence-electron chi connectivity index (χ0n) is 8.64. The Bertz CT molecular complexity index is 277. The van der Waals surface area contributed by atoms with E-state index in [4.69, 9.17) is 11.2 Å². The van der Waals surface area contributed by atoms with E-state index < -0.39 is 5.60 Å². The van der Waals surface area contributed by atoms with Crippen molar-refractivity contribution in [1.82, 2.24) is 0 Å². The SMILES string of the molecule is C#CC1(OC(=O)C(=C)C)CCCCC1. The van der Waals surface area contributed by atoms with Gasteiger partial charge in [-0.1, -0.05) is 18.9 Å². The summed E-state index contributed by atoms with van der Waals surface area (Å²) in [5.74, 6) is 2.25. The first-order chi connectivity index (χ1) is 6.59. The van der Waals surface area contributed by atoms with E-state index in [2.05, 4.69) is 12.5 Å². The third-order valence-electron chi connectivity index (χ3n) is 2.56. The molecule has 2 nitrogen and oxygen atoms in total. The first-order valence-corrected chi connectivity index (χ1v) is 4.96. The average Bonchev–Trinajstić information content (AvgIpc) is 2.19. The van der Waals surface area contributed by atoms with Gasteiger partial charge in [0.1, 0.15) is 0 Å². The summed E-state index contributed by atoms with van der Waals surface area (Å²) in [6.45, 7) is 5.18. The number of ether oxygens (including phenoxy) is 1. The van der Waals surface area contributed by atoms with Gasteiger partial charge in [-0.3, -0.25) is 0 Å². The molecule has 1 aliphatic carbocycles. The topological polar surface area (TPSA) is 26.3 Å². The number of carbonyl (C=O) groups is 1. The Labute approximate surface area is 85.3 Å². The van der Waals surface area contributed by atoms with Gasteiger partial charge < -0.3 is 4.74 Å². The summed E-state index contributed by atoms with van der Waals surface area (Å²) in [5, 5.41) is 0. The van der Waals surface area contributed by atoms with E-state index in [1.807, 2.05) is 0 Å². The number of carbonyl (C=O) groups excluding carboxylic acids is 1. The molecular weight excluding hydrogens is 176 g/mol. The lowest BCUT2D eigenvalue weighted by Gasteiger charge is -2.31. The molecule has 0 aliphatic heterocycles. The zero-order valence-corrected chi connectivity index (χ0v) is 8.64. The van der Waals surface area contributed by atoms with Gasteiger partial charge in [-0.15, -0.1) is 6.42 Å². The molecule has 0 aromatic heterocycles. The highest BCUT2D eigenvalue weighted by Crippen LogP contribution is 2.31. The molecule has 0 heterocycles. The Balaban J connectivity index is 2.66. The van der Waals surface area contributed by atoms with Crippen LogP contribution in [0.3, 0.4) is 0 Å². The first-order valence-electron chi connectivity index (χ1n) is 4.96. The molecule has 0 aromatic carbocycles. The van der Waals surface area contributed by atoms with Crippen LogP contribution >= 0.6 is 0 Å². The van der Waals surface area contributed by atoms with E-state index in [0.29, 0.717) is 5.57 Å². The summed E-state index contributed by atoms with van der Waals surface area (Å²) in [4.78, 5) is 11.4. The lowest BCUT2D eigenvalue weighted by molar-refractivity contribution is -0.151. The molecule has 0 spiro atoms. The highest BCUT2D eigenvalue weighted by Gasteiger charge is 2.33. The molecule has 1 rings (SSSR count). The lowest BCUT2D eigenvalue weighted by atomic mass is 9.85. The van der Waals surface area contributed by atoms with Crippen LogP contribution < -0.4 is 0 Å². The maximum atomic E-state index is 11.4. The van der Waals surface area contributed by atoms with Crippen molar-refractivity contribution in [2.45, 2.75) is 44.6 Å². The second kappa shape index (κ2) is 4.32. The number of terminal acetylenes is 1. The molecule has 1 aliphatic rings. The van der Waals surface area contributed by atoms with E-state index in [1.54, 1.807) is 6.92 Å². The number of rotatable bonds is 2. The van der Waals surface area contributed by atoms with E-state index in [9.17, 15) is 4.79 Å². The second-order valence-corrected chi connectivity index (χ2v) is 3.87. The first kappa shape index (κ1) is 10.8. The Kier molecular flexibility index (Phi) is 3.35. The van der Waals surface area contributed by atoms with Crippen molar-refractivity contribution in [3.05, 3.63) is 12.2 Å². The molecule has 0 saturated heterocycles. The summed E-state index contributed by atoms with van der Waals surface area (Å²) in [6.07, 6.45) is 10.2. The minimum atomic E-state index is -0.658. The van der Waals surface area contributed by atoms with Gasteiger partial charge in [-0.2, -0.15) is 0 Å². The van der Waals surface area contributed by atoms with Crippen molar-refractivity contribution in [2.75, 3.05) is 0 Å². The lowest BCUT2D eigenvalue weighted by Crippen LogP contribution is -2.35. The quantitative estimate of drug-likeness (QED) is 0.381. The third kappa shape index (κ3) is 2.38. The van der Waals surface area contributed by atoms with Gasteiger partial charge in [-0.05, 0) is 32.6 Å². The Hall–Kier alpha value is -1.23. The second-order valence-electron chi connectivity index (χ2n) is 3.87. The van der Waals surface area contributed by atoms with Crippen LogP contribution in [0.4, 0.5) is 0 Å². The number of esters is 1. The minimum absolute atomic E-state index is 0.371. The molecule has 76 valence electrons. The molecule has 14 heavy (non-hydrogen) atoms. The monoisotopic (exact) mass is 192 g/mol. The van der Waals surface area contributed by atoms with Gasteiger partial charge >= 0.3 is 5.97 Å². The van der Waals surface area contributed by atoms with Crippen LogP contribution in [-0.2, 0) is 9.53 Å². The van der Waals surface area contributed by atoms with Crippen molar-refractivity contribution >= 4 is 5.97 Å². The van der Waals surface area contributed by atoms with Crippen LogP contribution in [0, 0.1) is 12.3 Å². The summed E-state index contributed by atoms with van der Waals surface area (Å²) in [7, 11) is 0. The minimum Gasteiger partial charge on any atom is -0.443 e. The maximum Gasteiger partial charge on any atom is 0.334 e. The smallest absolute Gasteiger partial charge is 0.334 e. The molecule has 1 fully saturated rings. The molecule has 0 amide bonds. The fourth-order valence-corrected chi connectivity index (χ4v) is 1.66. The van der Waals surface area contributed by atoms with Gasteiger partial charge in [0.25, 0.3) is 0 Å². The average molecular weight is 192 g/mol. The normalized spacial score (nSPS) is 19.4. The van der Waals surface area contributed by atoms with Crippen LogP contribution in [0.5, 0.6) is 0 Å². The zero-order chi connectivity index (χ0) is 10.6. The van der Waals surface area contributed by atoms with Crippen LogP contribution in [0.1, 0.15) is 39.0 Å². The van der Waals surface area contributed by atoms with Gasteiger partial charge in [0.2, 0.25) is 0 Å². The van der Waals surface area contributed by atoms with Crippen molar-refractivity contribution in [3.63, 3.8) is 0 Å². The van der Waals surface area contributed by atoms with Gasteiger partial charge in [0.05, 0.1) is 0 Å². The molecule has 0 bridgehead atoms. The van der Waals surface area contributed by atoms with Crippen molar-refractivity contribution in [2.24, 2.45) is 0 Å².